The highest BCUT2D eigenvalue weighted by Gasteiger charge is 2.09. The minimum Gasteiger partial charge on any atom is -0.493 e. The Balaban J connectivity index is 2.33. The second-order valence-electron chi connectivity index (χ2n) is 3.42. The van der Waals surface area contributed by atoms with Crippen LogP contribution < -0.4 is 9.47 Å². The Kier molecular flexibility index (Phi) is 3.56. The number of nitrogens with zero attached hydrogens (tertiary/aromatic N) is 4. The van der Waals surface area contributed by atoms with Gasteiger partial charge in [-0.25, -0.2) is 4.98 Å². The molecule has 0 saturated heterocycles. The van der Waals surface area contributed by atoms with E-state index in [9.17, 15) is 0 Å². The molecule has 6 nitrogen and oxygen atoms in total. The Labute approximate surface area is 109 Å². The molecule has 6 heteroatoms. The number of rotatable bonds is 3. The van der Waals surface area contributed by atoms with E-state index >= 15 is 0 Å². The van der Waals surface area contributed by atoms with Crippen LogP contribution in [0.15, 0.2) is 30.5 Å². The molecule has 0 unspecified atom stereocenters. The molecule has 0 amide bonds. The molecule has 0 spiro atoms. The summed E-state index contributed by atoms with van der Waals surface area (Å²) in [6, 6.07) is 10.1. The van der Waals surface area contributed by atoms with Gasteiger partial charge in [0.2, 0.25) is 0 Å². The Hall–Kier alpha value is -3.12. The van der Waals surface area contributed by atoms with Crippen LogP contribution in [0.25, 0.3) is 0 Å². The number of ether oxygens (including phenoxy) is 2. The van der Waals surface area contributed by atoms with Gasteiger partial charge in [0, 0.05) is 12.3 Å². The molecule has 0 atom stereocenters. The Morgan fingerprint density at radius 1 is 1.11 bits per heavy atom. The fourth-order valence-corrected chi connectivity index (χ4v) is 1.37. The summed E-state index contributed by atoms with van der Waals surface area (Å²) in [6.45, 7) is 0. The van der Waals surface area contributed by atoms with E-state index < -0.39 is 0 Å². The zero-order chi connectivity index (χ0) is 13.7. The molecule has 1 aromatic carbocycles. The predicted octanol–water partition coefficient (Wildman–Crippen LogP) is 2.02. The third-order valence-corrected chi connectivity index (χ3v) is 2.24. The molecule has 1 aromatic heterocycles. The van der Waals surface area contributed by atoms with Crippen molar-refractivity contribution >= 4 is 0 Å². The van der Waals surface area contributed by atoms with Crippen molar-refractivity contribution in [3.05, 3.63) is 41.7 Å². The van der Waals surface area contributed by atoms with E-state index in [1.54, 1.807) is 18.2 Å². The van der Waals surface area contributed by atoms with Crippen LogP contribution in [0.2, 0.25) is 0 Å². The lowest BCUT2D eigenvalue weighted by molar-refractivity contribution is 0.367. The fraction of sp³-hybridized carbons (Fsp3) is 0.0769. The van der Waals surface area contributed by atoms with Gasteiger partial charge >= 0.3 is 6.01 Å². The van der Waals surface area contributed by atoms with Crippen LogP contribution >= 0.6 is 0 Å². The average Bonchev–Trinajstić information content (AvgIpc) is 2.48. The summed E-state index contributed by atoms with van der Waals surface area (Å²) in [5, 5.41) is 17.5. The first-order chi connectivity index (χ1) is 9.26. The molecule has 0 aliphatic rings. The summed E-state index contributed by atoms with van der Waals surface area (Å²) < 4.78 is 10.6. The van der Waals surface area contributed by atoms with Crippen LogP contribution in [0, 0.1) is 22.7 Å². The van der Waals surface area contributed by atoms with Crippen molar-refractivity contribution in [3.63, 3.8) is 0 Å². The van der Waals surface area contributed by atoms with Crippen LogP contribution in [-0.2, 0) is 0 Å². The molecular weight excluding hydrogens is 244 g/mol. The summed E-state index contributed by atoms with van der Waals surface area (Å²) in [4.78, 5) is 7.79. The molecule has 0 fully saturated rings. The zero-order valence-corrected chi connectivity index (χ0v) is 9.99. The van der Waals surface area contributed by atoms with Crippen molar-refractivity contribution in [2.24, 2.45) is 0 Å². The number of aromatic nitrogens is 2. The minimum absolute atomic E-state index is 0.0436. The van der Waals surface area contributed by atoms with Crippen molar-refractivity contribution in [2.45, 2.75) is 0 Å². The van der Waals surface area contributed by atoms with E-state index in [4.69, 9.17) is 20.0 Å². The first kappa shape index (κ1) is 12.3. The van der Waals surface area contributed by atoms with Crippen molar-refractivity contribution in [1.82, 2.24) is 9.97 Å². The van der Waals surface area contributed by atoms with Gasteiger partial charge in [-0.1, -0.05) is 0 Å². The summed E-state index contributed by atoms with van der Waals surface area (Å²) in [5.41, 5.74) is 0.661. The smallest absolute Gasteiger partial charge is 0.323 e. The van der Waals surface area contributed by atoms with Gasteiger partial charge in [-0.2, -0.15) is 15.5 Å². The van der Waals surface area contributed by atoms with Crippen LogP contribution in [0.4, 0.5) is 0 Å². The molecule has 0 N–H and O–H groups in total. The van der Waals surface area contributed by atoms with Crippen LogP contribution in [0.1, 0.15) is 11.3 Å². The van der Waals surface area contributed by atoms with E-state index in [1.807, 2.05) is 12.1 Å². The number of benzene rings is 1. The standard InChI is InChI=1S/C13H8N4O2/c1-18-12-6-9(7-14)2-3-11(12)19-13-16-5-4-10(8-15)17-13/h2-6H,1H3. The van der Waals surface area contributed by atoms with Gasteiger partial charge in [0.05, 0.1) is 18.7 Å². The Morgan fingerprint density at radius 3 is 2.63 bits per heavy atom. The van der Waals surface area contributed by atoms with Crippen LogP contribution in [0.5, 0.6) is 17.5 Å². The van der Waals surface area contributed by atoms with Crippen LogP contribution in [-0.4, -0.2) is 17.1 Å². The molecule has 0 bridgehead atoms. The Morgan fingerprint density at radius 2 is 1.95 bits per heavy atom. The van der Waals surface area contributed by atoms with Gasteiger partial charge in [0.15, 0.2) is 11.5 Å². The summed E-state index contributed by atoms with van der Waals surface area (Å²) in [7, 11) is 1.47. The van der Waals surface area contributed by atoms with Gasteiger partial charge in [0.1, 0.15) is 11.8 Å². The minimum atomic E-state index is 0.0436. The molecule has 0 radical (unpaired) electrons. The molecule has 2 aromatic rings. The number of nitriles is 2. The quantitative estimate of drug-likeness (QED) is 0.829. The van der Waals surface area contributed by atoms with Crippen LogP contribution in [0.3, 0.4) is 0 Å². The lowest BCUT2D eigenvalue weighted by Crippen LogP contribution is -1.96. The summed E-state index contributed by atoms with van der Waals surface area (Å²) in [6.07, 6.45) is 1.43. The third-order valence-electron chi connectivity index (χ3n) is 2.24. The average molecular weight is 252 g/mol. The first-order valence-electron chi connectivity index (χ1n) is 5.26. The molecule has 1 heterocycles. The van der Waals surface area contributed by atoms with Gasteiger partial charge in [0.25, 0.3) is 0 Å². The predicted molar refractivity (Wildman–Crippen MR) is 64.5 cm³/mol. The van der Waals surface area contributed by atoms with E-state index in [1.165, 1.54) is 19.4 Å². The van der Waals surface area contributed by atoms with Crippen molar-refractivity contribution in [1.29, 1.82) is 10.5 Å². The molecule has 0 aliphatic heterocycles. The third kappa shape index (κ3) is 2.76. The largest absolute Gasteiger partial charge is 0.493 e. The zero-order valence-electron chi connectivity index (χ0n) is 9.99. The van der Waals surface area contributed by atoms with E-state index in [2.05, 4.69) is 9.97 Å². The van der Waals surface area contributed by atoms with E-state index in [0.717, 1.165) is 0 Å². The highest BCUT2D eigenvalue weighted by Crippen LogP contribution is 2.30. The highest BCUT2D eigenvalue weighted by atomic mass is 16.5. The molecular formula is C13H8N4O2. The SMILES string of the molecule is COc1cc(C#N)ccc1Oc1nccc(C#N)n1. The molecule has 19 heavy (non-hydrogen) atoms. The maximum atomic E-state index is 8.80. The monoisotopic (exact) mass is 252 g/mol. The highest BCUT2D eigenvalue weighted by molar-refractivity contribution is 5.47. The van der Waals surface area contributed by atoms with Crippen molar-refractivity contribution in [3.8, 4) is 29.6 Å². The molecule has 92 valence electrons. The number of hydrogen-bond donors (Lipinski definition) is 0. The molecule has 0 saturated carbocycles. The fourth-order valence-electron chi connectivity index (χ4n) is 1.37. The normalized spacial score (nSPS) is 9.21. The van der Waals surface area contributed by atoms with E-state index in [-0.39, 0.29) is 11.7 Å². The molecule has 0 aliphatic carbocycles. The topological polar surface area (TPSA) is 91.8 Å². The van der Waals surface area contributed by atoms with Gasteiger partial charge < -0.3 is 9.47 Å². The summed E-state index contributed by atoms with van der Waals surface area (Å²) >= 11 is 0. The first-order valence-corrected chi connectivity index (χ1v) is 5.26. The Bertz CT molecular complexity index is 686. The lowest BCUT2D eigenvalue weighted by Gasteiger charge is -2.08. The van der Waals surface area contributed by atoms with Crippen molar-refractivity contribution in [2.75, 3.05) is 7.11 Å². The summed E-state index contributed by atoms with van der Waals surface area (Å²) in [5.74, 6) is 0.765. The number of hydrogen-bond acceptors (Lipinski definition) is 6. The van der Waals surface area contributed by atoms with E-state index in [0.29, 0.717) is 17.1 Å². The van der Waals surface area contributed by atoms with Gasteiger partial charge in [-0.3, -0.25) is 0 Å². The van der Waals surface area contributed by atoms with Crippen molar-refractivity contribution < 1.29 is 9.47 Å². The lowest BCUT2D eigenvalue weighted by atomic mass is 10.2. The van der Waals surface area contributed by atoms with Gasteiger partial charge in [-0.05, 0) is 18.2 Å². The maximum Gasteiger partial charge on any atom is 0.323 e. The second-order valence-corrected chi connectivity index (χ2v) is 3.42. The maximum absolute atomic E-state index is 8.80. The second kappa shape index (κ2) is 5.48. The van der Waals surface area contributed by atoms with Gasteiger partial charge in [-0.15, -0.1) is 0 Å². The molecule has 2 rings (SSSR count). The number of methoxy groups -OCH3 is 1.